The maximum Gasteiger partial charge on any atom is 0.0737 e. The molecule has 0 aliphatic heterocycles. The van der Waals surface area contributed by atoms with Crippen LogP contribution in [0.4, 0.5) is 5.69 Å². The summed E-state index contributed by atoms with van der Waals surface area (Å²) < 4.78 is 0. The Morgan fingerprint density at radius 3 is 2.00 bits per heavy atom. The third-order valence-electron chi connectivity index (χ3n) is 5.24. The summed E-state index contributed by atoms with van der Waals surface area (Å²) in [6.45, 7) is 7.98. The topological polar surface area (TPSA) is 92.2 Å². The van der Waals surface area contributed by atoms with Gasteiger partial charge in [-0.2, -0.15) is 0 Å². The molecule has 35 heavy (non-hydrogen) atoms. The van der Waals surface area contributed by atoms with Crippen molar-refractivity contribution in [2.45, 2.75) is 38.5 Å². The predicted octanol–water partition coefficient (Wildman–Crippen LogP) is 5.56. The number of nitrogens with zero attached hydrogens (tertiary/aromatic N) is 2. The molecule has 2 aromatic rings. The van der Waals surface area contributed by atoms with Gasteiger partial charge in [0.1, 0.15) is 0 Å². The van der Waals surface area contributed by atoms with Gasteiger partial charge in [-0.05, 0) is 109 Å². The molecule has 0 saturated carbocycles. The Labute approximate surface area is 247 Å². The third kappa shape index (κ3) is 18.0. The minimum absolute atomic E-state index is 0. The number of unbranched alkanes of at least 4 members (excludes halogenated alkanes) is 2. The molecule has 1 aromatic carbocycles. The molecule has 6 nitrogen and oxygen atoms in total. The highest BCUT2D eigenvalue weighted by molar-refractivity contribution is 6.31. The van der Waals surface area contributed by atoms with E-state index in [2.05, 4.69) is 20.5 Å². The van der Waals surface area contributed by atoms with E-state index in [1.165, 1.54) is 19.3 Å². The number of nitrogens with two attached hydrogens (primary N) is 2. The number of fused-ring (bicyclic) bond motifs is 1. The van der Waals surface area contributed by atoms with Crippen LogP contribution in [-0.4, -0.2) is 62.2 Å². The monoisotopic (exact) mass is 614 g/mol. The second-order valence-corrected chi connectivity index (χ2v) is 8.17. The van der Waals surface area contributed by atoms with E-state index in [4.69, 9.17) is 23.1 Å². The zero-order valence-electron chi connectivity index (χ0n) is 20.3. The van der Waals surface area contributed by atoms with Crippen LogP contribution in [0.15, 0.2) is 30.5 Å². The Balaban J connectivity index is -0.000000961. The molecule has 0 spiro atoms. The Morgan fingerprint density at radius 1 is 0.743 bits per heavy atom. The molecule has 12 heteroatoms. The van der Waals surface area contributed by atoms with Crippen LogP contribution < -0.4 is 22.1 Å². The van der Waals surface area contributed by atoms with Crippen molar-refractivity contribution in [3.8, 4) is 0 Å². The number of benzene rings is 1. The summed E-state index contributed by atoms with van der Waals surface area (Å²) in [4.78, 5) is 6.97. The van der Waals surface area contributed by atoms with E-state index in [9.17, 15) is 0 Å². The van der Waals surface area contributed by atoms with Crippen molar-refractivity contribution >= 4 is 90.2 Å². The predicted molar refractivity (Wildman–Crippen MR) is 167 cm³/mol. The molecule has 0 bridgehead atoms. The van der Waals surface area contributed by atoms with Gasteiger partial charge in [0.15, 0.2) is 0 Å². The van der Waals surface area contributed by atoms with E-state index in [1.807, 2.05) is 30.5 Å². The first-order valence-corrected chi connectivity index (χ1v) is 11.7. The first-order chi connectivity index (χ1) is 14.7. The molecule has 0 radical (unpaired) electrons. The number of nitrogens with one attached hydrogen (secondary N) is 2. The average molecular weight is 617 g/mol. The van der Waals surface area contributed by atoms with Crippen molar-refractivity contribution in [3.05, 3.63) is 35.5 Å². The Kier molecular flexibility index (Phi) is 32.6. The molecule has 1 aromatic heterocycles. The Morgan fingerprint density at radius 2 is 1.34 bits per heavy atom. The van der Waals surface area contributed by atoms with Crippen LogP contribution in [0.3, 0.4) is 0 Å². The minimum atomic E-state index is 0. The SMILES string of the molecule is Cl.Cl.Cl.Cl.Cl.NCCCNCCCCN(CCCN)CCCCNc1ccnc2cc(Cl)ccc12. The molecular weight excluding hydrogens is 573 g/mol. The fourth-order valence-electron chi connectivity index (χ4n) is 3.55. The van der Waals surface area contributed by atoms with Gasteiger partial charge >= 0.3 is 0 Å². The van der Waals surface area contributed by atoms with Crippen molar-refractivity contribution in [2.75, 3.05) is 57.7 Å². The second-order valence-electron chi connectivity index (χ2n) is 7.74. The van der Waals surface area contributed by atoms with Gasteiger partial charge in [0.2, 0.25) is 0 Å². The fourth-order valence-corrected chi connectivity index (χ4v) is 3.71. The van der Waals surface area contributed by atoms with Gasteiger partial charge < -0.3 is 27.0 Å². The van der Waals surface area contributed by atoms with Gasteiger partial charge in [0, 0.05) is 28.8 Å². The van der Waals surface area contributed by atoms with Crippen molar-refractivity contribution < 1.29 is 0 Å². The van der Waals surface area contributed by atoms with Crippen molar-refractivity contribution in [2.24, 2.45) is 11.5 Å². The highest BCUT2D eigenvalue weighted by Gasteiger charge is 2.05. The van der Waals surface area contributed by atoms with Crippen molar-refractivity contribution in [3.63, 3.8) is 0 Å². The minimum Gasteiger partial charge on any atom is -0.384 e. The molecule has 0 aliphatic rings. The summed E-state index contributed by atoms with van der Waals surface area (Å²) in [6.07, 6.45) is 8.71. The number of halogens is 6. The van der Waals surface area contributed by atoms with Crippen molar-refractivity contribution in [1.29, 1.82) is 0 Å². The first-order valence-electron chi connectivity index (χ1n) is 11.4. The number of hydrogen-bond donors (Lipinski definition) is 4. The van der Waals surface area contributed by atoms with Gasteiger partial charge in [-0.1, -0.05) is 11.6 Å². The lowest BCUT2D eigenvalue weighted by atomic mass is 10.2. The molecule has 2 rings (SSSR count). The van der Waals surface area contributed by atoms with E-state index in [0.717, 1.165) is 93.2 Å². The lowest BCUT2D eigenvalue weighted by Gasteiger charge is -2.22. The lowest BCUT2D eigenvalue weighted by molar-refractivity contribution is 0.261. The number of pyridine rings is 1. The third-order valence-corrected chi connectivity index (χ3v) is 5.47. The molecule has 208 valence electrons. The molecular formula is C23H44Cl6N6. The maximum absolute atomic E-state index is 6.08. The van der Waals surface area contributed by atoms with E-state index in [1.54, 1.807) is 0 Å². The van der Waals surface area contributed by atoms with Gasteiger partial charge in [-0.15, -0.1) is 62.0 Å². The molecule has 0 atom stereocenters. The maximum atomic E-state index is 6.08. The van der Waals surface area contributed by atoms with E-state index < -0.39 is 0 Å². The second kappa shape index (κ2) is 27.1. The van der Waals surface area contributed by atoms with Crippen LogP contribution in [0.5, 0.6) is 0 Å². The summed E-state index contributed by atoms with van der Waals surface area (Å²) in [5.41, 5.74) is 13.3. The Hall–Kier alpha value is 0.01000. The van der Waals surface area contributed by atoms with Gasteiger partial charge in [-0.25, -0.2) is 0 Å². The summed E-state index contributed by atoms with van der Waals surface area (Å²) in [5.74, 6) is 0. The normalized spacial score (nSPS) is 9.83. The molecule has 0 saturated heterocycles. The smallest absolute Gasteiger partial charge is 0.0737 e. The van der Waals surface area contributed by atoms with Crippen LogP contribution in [0.1, 0.15) is 38.5 Å². The fraction of sp³-hybridized carbons (Fsp3) is 0.609. The van der Waals surface area contributed by atoms with Crippen molar-refractivity contribution in [1.82, 2.24) is 15.2 Å². The highest BCUT2D eigenvalue weighted by Crippen LogP contribution is 2.24. The van der Waals surface area contributed by atoms with Gasteiger partial charge in [0.05, 0.1) is 5.52 Å². The molecule has 1 heterocycles. The average Bonchev–Trinajstić information content (AvgIpc) is 2.75. The van der Waals surface area contributed by atoms with Gasteiger partial charge in [-0.3, -0.25) is 4.98 Å². The number of hydrogen-bond acceptors (Lipinski definition) is 6. The summed E-state index contributed by atoms with van der Waals surface area (Å²) in [6, 6.07) is 7.89. The highest BCUT2D eigenvalue weighted by atomic mass is 35.5. The standard InChI is InChI=1S/C23H39ClN6.5ClH/c24-20-7-8-21-22(9-15-29-23(21)19-20)28-14-2-4-17-30(18-6-11-26)16-3-1-12-27-13-5-10-25;;;;;/h7-9,15,19,27H,1-6,10-14,16-18,25-26H2,(H,28,29);5*1H. The van der Waals surface area contributed by atoms with Gasteiger partial charge in [0.25, 0.3) is 0 Å². The lowest BCUT2D eigenvalue weighted by Crippen LogP contribution is -2.29. The largest absolute Gasteiger partial charge is 0.384 e. The Bertz CT molecular complexity index is 728. The van der Waals surface area contributed by atoms with Crippen LogP contribution in [0.2, 0.25) is 5.02 Å². The first kappa shape index (κ1) is 42.1. The molecule has 0 amide bonds. The van der Waals surface area contributed by atoms with Crippen LogP contribution in [0, 0.1) is 0 Å². The van der Waals surface area contributed by atoms with Crippen LogP contribution in [-0.2, 0) is 0 Å². The van der Waals surface area contributed by atoms with E-state index in [-0.39, 0.29) is 62.0 Å². The zero-order chi connectivity index (χ0) is 21.4. The summed E-state index contributed by atoms with van der Waals surface area (Å²) in [7, 11) is 0. The summed E-state index contributed by atoms with van der Waals surface area (Å²) >= 11 is 6.08. The molecule has 0 fully saturated rings. The van der Waals surface area contributed by atoms with Crippen LogP contribution >= 0.6 is 73.6 Å². The molecule has 6 N–H and O–H groups in total. The molecule has 0 aliphatic carbocycles. The zero-order valence-corrected chi connectivity index (χ0v) is 25.1. The summed E-state index contributed by atoms with van der Waals surface area (Å²) in [5, 5.41) is 8.85. The van der Waals surface area contributed by atoms with E-state index >= 15 is 0 Å². The number of rotatable bonds is 17. The number of aromatic nitrogens is 1. The number of anilines is 1. The van der Waals surface area contributed by atoms with E-state index in [0.29, 0.717) is 0 Å². The van der Waals surface area contributed by atoms with Crippen LogP contribution in [0.25, 0.3) is 10.9 Å². The molecule has 0 unspecified atom stereocenters. The quantitative estimate of drug-likeness (QED) is 0.174.